The molecule has 0 aliphatic heterocycles. The van der Waals surface area contributed by atoms with Gasteiger partial charge in [-0.2, -0.15) is 0 Å². The van der Waals surface area contributed by atoms with Gasteiger partial charge in [-0.05, 0) is 31.9 Å². The Morgan fingerprint density at radius 3 is 2.76 bits per heavy atom. The van der Waals surface area contributed by atoms with Crippen LogP contribution in [0.4, 0.5) is 10.5 Å². The Labute approximate surface area is 124 Å². The minimum absolute atomic E-state index is 0.00337. The predicted octanol–water partition coefficient (Wildman–Crippen LogP) is 2.68. The number of rotatable bonds is 4. The molecule has 0 saturated heterocycles. The van der Waals surface area contributed by atoms with Crippen molar-refractivity contribution in [3.05, 3.63) is 36.0 Å². The smallest absolute Gasteiger partial charge is 0.319 e. The molecule has 1 aromatic carbocycles. The molecule has 2 amide bonds. The molecule has 0 spiro atoms. The van der Waals surface area contributed by atoms with Crippen molar-refractivity contribution < 1.29 is 9.90 Å². The van der Waals surface area contributed by atoms with E-state index in [0.717, 1.165) is 16.6 Å². The van der Waals surface area contributed by atoms with E-state index < -0.39 is 0 Å². The average molecular weight is 287 g/mol. The lowest BCUT2D eigenvalue weighted by atomic mass is 10.1. The maximum Gasteiger partial charge on any atom is 0.319 e. The van der Waals surface area contributed by atoms with Crippen molar-refractivity contribution in [3.8, 4) is 0 Å². The minimum atomic E-state index is -0.293. The van der Waals surface area contributed by atoms with Gasteiger partial charge >= 0.3 is 6.03 Å². The summed E-state index contributed by atoms with van der Waals surface area (Å²) in [6.45, 7) is 5.71. The van der Waals surface area contributed by atoms with E-state index in [-0.39, 0.29) is 24.6 Å². The van der Waals surface area contributed by atoms with Gasteiger partial charge < -0.3 is 15.7 Å². The molecule has 2 rings (SSSR count). The molecule has 1 heterocycles. The summed E-state index contributed by atoms with van der Waals surface area (Å²) in [5.41, 5.74) is 2.35. The van der Waals surface area contributed by atoms with Crippen LogP contribution in [0.2, 0.25) is 0 Å². The second kappa shape index (κ2) is 6.54. The SMILES string of the molecule is Cc1ccc2cccc(NC(=O)NC(C)C(C)CO)c2n1. The molecule has 21 heavy (non-hydrogen) atoms. The number of aliphatic hydroxyl groups is 1. The molecule has 3 N–H and O–H groups in total. The number of anilines is 1. The van der Waals surface area contributed by atoms with Crippen LogP contribution < -0.4 is 10.6 Å². The molecular weight excluding hydrogens is 266 g/mol. The number of hydrogen-bond donors (Lipinski definition) is 3. The van der Waals surface area contributed by atoms with Gasteiger partial charge in [-0.1, -0.05) is 25.1 Å². The number of nitrogens with one attached hydrogen (secondary N) is 2. The van der Waals surface area contributed by atoms with E-state index in [2.05, 4.69) is 15.6 Å². The molecule has 1 aromatic heterocycles. The zero-order valence-electron chi connectivity index (χ0n) is 12.6. The third-order valence-electron chi connectivity index (χ3n) is 3.61. The lowest BCUT2D eigenvalue weighted by molar-refractivity contribution is 0.204. The quantitative estimate of drug-likeness (QED) is 0.809. The summed E-state index contributed by atoms with van der Waals surface area (Å²) in [5.74, 6) is 0.00337. The predicted molar refractivity (Wildman–Crippen MR) is 84.3 cm³/mol. The number of para-hydroxylation sites is 1. The van der Waals surface area contributed by atoms with Crippen molar-refractivity contribution in [1.29, 1.82) is 0 Å². The van der Waals surface area contributed by atoms with Crippen molar-refractivity contribution in [2.75, 3.05) is 11.9 Å². The van der Waals surface area contributed by atoms with Crippen LogP contribution in [0, 0.1) is 12.8 Å². The number of pyridine rings is 1. The molecule has 112 valence electrons. The zero-order chi connectivity index (χ0) is 15.4. The molecule has 0 aliphatic carbocycles. The van der Waals surface area contributed by atoms with Crippen LogP contribution in [0.15, 0.2) is 30.3 Å². The fraction of sp³-hybridized carbons (Fsp3) is 0.375. The van der Waals surface area contributed by atoms with Gasteiger partial charge in [-0.3, -0.25) is 4.98 Å². The number of hydrogen-bond acceptors (Lipinski definition) is 3. The van der Waals surface area contributed by atoms with E-state index in [0.29, 0.717) is 5.69 Å². The summed E-state index contributed by atoms with van der Waals surface area (Å²) in [6, 6.07) is 9.19. The third kappa shape index (κ3) is 3.70. The maximum atomic E-state index is 12.0. The number of aliphatic hydroxyl groups excluding tert-OH is 1. The minimum Gasteiger partial charge on any atom is -0.396 e. The van der Waals surface area contributed by atoms with Gasteiger partial charge in [0.25, 0.3) is 0 Å². The Morgan fingerprint density at radius 2 is 2.05 bits per heavy atom. The lowest BCUT2D eigenvalue weighted by Gasteiger charge is -2.19. The molecule has 0 saturated carbocycles. The monoisotopic (exact) mass is 287 g/mol. The number of urea groups is 1. The summed E-state index contributed by atoms with van der Waals surface area (Å²) in [6.07, 6.45) is 0. The summed E-state index contributed by atoms with van der Waals surface area (Å²) >= 11 is 0. The van der Waals surface area contributed by atoms with E-state index in [9.17, 15) is 4.79 Å². The number of aromatic nitrogens is 1. The molecule has 0 aliphatic rings. The first-order valence-electron chi connectivity index (χ1n) is 7.06. The van der Waals surface area contributed by atoms with Crippen molar-refractivity contribution in [2.24, 2.45) is 5.92 Å². The van der Waals surface area contributed by atoms with E-state index in [1.807, 2.05) is 51.1 Å². The number of carbonyl (C=O) groups is 1. The first-order chi connectivity index (χ1) is 10.0. The van der Waals surface area contributed by atoms with Crippen LogP contribution in [0.25, 0.3) is 10.9 Å². The van der Waals surface area contributed by atoms with Crippen molar-refractivity contribution >= 4 is 22.6 Å². The highest BCUT2D eigenvalue weighted by atomic mass is 16.3. The molecule has 0 fully saturated rings. The first-order valence-corrected chi connectivity index (χ1v) is 7.06. The van der Waals surface area contributed by atoms with E-state index in [4.69, 9.17) is 5.11 Å². The van der Waals surface area contributed by atoms with E-state index >= 15 is 0 Å². The van der Waals surface area contributed by atoms with E-state index in [1.165, 1.54) is 0 Å². The maximum absolute atomic E-state index is 12.0. The van der Waals surface area contributed by atoms with Crippen LogP contribution >= 0.6 is 0 Å². The first kappa shape index (κ1) is 15.3. The summed E-state index contributed by atoms with van der Waals surface area (Å²) < 4.78 is 0. The molecule has 2 unspecified atom stereocenters. The number of fused-ring (bicyclic) bond motifs is 1. The van der Waals surface area contributed by atoms with Gasteiger partial charge in [-0.15, -0.1) is 0 Å². The van der Waals surface area contributed by atoms with Gasteiger partial charge in [0.05, 0.1) is 11.2 Å². The molecule has 2 atom stereocenters. The number of aryl methyl sites for hydroxylation is 1. The normalized spacial score (nSPS) is 13.7. The van der Waals surface area contributed by atoms with Gasteiger partial charge in [0.1, 0.15) is 0 Å². The summed E-state index contributed by atoms with van der Waals surface area (Å²) in [5, 5.41) is 15.7. The zero-order valence-corrected chi connectivity index (χ0v) is 12.6. The topological polar surface area (TPSA) is 74.2 Å². The molecule has 5 nitrogen and oxygen atoms in total. The van der Waals surface area contributed by atoms with Crippen LogP contribution in [0.3, 0.4) is 0 Å². The third-order valence-corrected chi connectivity index (χ3v) is 3.61. The van der Waals surface area contributed by atoms with Crippen molar-refractivity contribution in [3.63, 3.8) is 0 Å². The highest BCUT2D eigenvalue weighted by molar-refractivity contribution is 5.99. The van der Waals surface area contributed by atoms with Gasteiger partial charge in [0.15, 0.2) is 0 Å². The Bertz CT molecular complexity index is 642. The van der Waals surface area contributed by atoms with Crippen LogP contribution in [-0.2, 0) is 0 Å². The molecule has 0 bridgehead atoms. The Morgan fingerprint density at radius 1 is 1.29 bits per heavy atom. The molecular formula is C16H21N3O2. The number of amides is 2. The Balaban J connectivity index is 2.16. The Hall–Kier alpha value is -2.14. The largest absolute Gasteiger partial charge is 0.396 e. The number of benzene rings is 1. The van der Waals surface area contributed by atoms with Gasteiger partial charge in [-0.25, -0.2) is 4.79 Å². The van der Waals surface area contributed by atoms with Crippen LogP contribution in [0.5, 0.6) is 0 Å². The lowest BCUT2D eigenvalue weighted by Crippen LogP contribution is -2.40. The summed E-state index contributed by atoms with van der Waals surface area (Å²) in [7, 11) is 0. The highest BCUT2D eigenvalue weighted by Gasteiger charge is 2.14. The van der Waals surface area contributed by atoms with Crippen LogP contribution in [-0.4, -0.2) is 28.8 Å². The van der Waals surface area contributed by atoms with E-state index in [1.54, 1.807) is 0 Å². The van der Waals surface area contributed by atoms with Gasteiger partial charge in [0.2, 0.25) is 0 Å². The average Bonchev–Trinajstić information content (AvgIpc) is 2.46. The molecule has 0 radical (unpaired) electrons. The van der Waals surface area contributed by atoms with Gasteiger partial charge in [0, 0.05) is 23.7 Å². The summed E-state index contributed by atoms with van der Waals surface area (Å²) in [4.78, 5) is 16.5. The fourth-order valence-corrected chi connectivity index (χ4v) is 2.01. The van der Waals surface area contributed by atoms with Crippen molar-refractivity contribution in [2.45, 2.75) is 26.8 Å². The number of carbonyl (C=O) groups excluding carboxylic acids is 1. The van der Waals surface area contributed by atoms with Crippen LogP contribution in [0.1, 0.15) is 19.5 Å². The molecule has 2 aromatic rings. The highest BCUT2D eigenvalue weighted by Crippen LogP contribution is 2.21. The molecule has 5 heteroatoms. The standard InChI is InChI=1S/C16H21N3O2/c1-10(9-20)12(3)18-16(21)19-14-6-4-5-13-8-7-11(2)17-15(13)14/h4-8,10,12,20H,9H2,1-3H3,(H2,18,19,21). The van der Waals surface area contributed by atoms with Crippen molar-refractivity contribution in [1.82, 2.24) is 10.3 Å². The number of nitrogens with zero attached hydrogens (tertiary/aromatic N) is 1. The second-order valence-corrected chi connectivity index (χ2v) is 5.38. The second-order valence-electron chi connectivity index (χ2n) is 5.38. The fourth-order valence-electron chi connectivity index (χ4n) is 2.01. The Kier molecular flexibility index (Phi) is 4.75.